The van der Waals surface area contributed by atoms with Gasteiger partial charge in [-0.3, -0.25) is 14.9 Å². The van der Waals surface area contributed by atoms with Crippen LogP contribution >= 0.6 is 0 Å². The van der Waals surface area contributed by atoms with Crippen molar-refractivity contribution in [2.45, 2.75) is 6.92 Å². The van der Waals surface area contributed by atoms with Gasteiger partial charge in [-0.2, -0.15) is 0 Å². The van der Waals surface area contributed by atoms with Crippen LogP contribution in [0.2, 0.25) is 0 Å². The Kier molecular flexibility index (Phi) is 3.02. The maximum Gasteiger partial charge on any atom is 0.269 e. The van der Waals surface area contributed by atoms with Crippen LogP contribution in [-0.2, 0) is 4.79 Å². The van der Waals surface area contributed by atoms with Gasteiger partial charge in [0.2, 0.25) is 0 Å². The number of fused-ring (bicyclic) bond motifs is 1. The highest BCUT2D eigenvalue weighted by Crippen LogP contribution is 2.36. The Morgan fingerprint density at radius 1 is 1.10 bits per heavy atom. The zero-order chi connectivity index (χ0) is 15.0. The summed E-state index contributed by atoms with van der Waals surface area (Å²) in [7, 11) is 0. The molecule has 2 aromatic carbocycles. The third-order valence-corrected chi connectivity index (χ3v) is 3.56. The lowest BCUT2D eigenvalue weighted by atomic mass is 9.96. The Bertz CT molecular complexity index is 776. The van der Waals surface area contributed by atoms with Gasteiger partial charge in [-0.1, -0.05) is 18.2 Å². The maximum atomic E-state index is 12.1. The molecule has 1 heterocycles. The Labute approximate surface area is 121 Å². The van der Waals surface area contributed by atoms with Gasteiger partial charge in [-0.25, -0.2) is 0 Å². The predicted octanol–water partition coefficient (Wildman–Crippen LogP) is 3.48. The molecule has 1 N–H and O–H groups in total. The lowest BCUT2D eigenvalue weighted by Gasteiger charge is -2.06. The number of benzene rings is 2. The molecule has 0 atom stereocenters. The molecular weight excluding hydrogens is 268 g/mol. The summed E-state index contributed by atoms with van der Waals surface area (Å²) in [6, 6.07) is 13.7. The fourth-order valence-corrected chi connectivity index (χ4v) is 2.47. The van der Waals surface area contributed by atoms with Crippen LogP contribution < -0.4 is 5.32 Å². The summed E-state index contributed by atoms with van der Waals surface area (Å²) in [6.45, 7) is 1.85. The van der Waals surface area contributed by atoms with E-state index in [1.807, 2.05) is 31.2 Å². The topological polar surface area (TPSA) is 72.2 Å². The van der Waals surface area contributed by atoms with Crippen LogP contribution in [0, 0.1) is 10.1 Å². The van der Waals surface area contributed by atoms with Crippen molar-refractivity contribution in [2.75, 3.05) is 5.32 Å². The molecule has 104 valence electrons. The van der Waals surface area contributed by atoms with Crippen molar-refractivity contribution in [3.63, 3.8) is 0 Å². The van der Waals surface area contributed by atoms with Gasteiger partial charge in [0.25, 0.3) is 11.6 Å². The summed E-state index contributed by atoms with van der Waals surface area (Å²) in [6.07, 6.45) is 0. The fraction of sp³-hybridized carbons (Fsp3) is 0.0625. The average Bonchev–Trinajstić information content (AvgIpc) is 2.82. The lowest BCUT2D eigenvalue weighted by molar-refractivity contribution is -0.384. The number of nitrogens with one attached hydrogen (secondary N) is 1. The van der Waals surface area contributed by atoms with Crippen molar-refractivity contribution < 1.29 is 9.72 Å². The number of rotatable bonds is 2. The molecule has 1 aliphatic rings. The highest BCUT2D eigenvalue weighted by atomic mass is 16.6. The third kappa shape index (κ3) is 2.18. The summed E-state index contributed by atoms with van der Waals surface area (Å²) >= 11 is 0. The van der Waals surface area contributed by atoms with E-state index in [1.165, 1.54) is 12.1 Å². The van der Waals surface area contributed by atoms with Gasteiger partial charge in [0.05, 0.1) is 10.5 Å². The molecule has 5 nitrogen and oxygen atoms in total. The van der Waals surface area contributed by atoms with Crippen LogP contribution in [0.25, 0.3) is 11.1 Å². The minimum Gasteiger partial charge on any atom is -0.321 e. The zero-order valence-electron chi connectivity index (χ0n) is 11.3. The van der Waals surface area contributed by atoms with Gasteiger partial charge in [0.15, 0.2) is 0 Å². The Morgan fingerprint density at radius 2 is 1.76 bits per heavy atom. The van der Waals surface area contributed by atoms with E-state index in [0.717, 1.165) is 22.4 Å². The van der Waals surface area contributed by atoms with Crippen LogP contribution in [0.1, 0.15) is 18.1 Å². The number of nitro groups is 1. The highest BCUT2D eigenvalue weighted by Gasteiger charge is 2.26. The molecule has 0 radical (unpaired) electrons. The minimum atomic E-state index is -0.441. The normalized spacial score (nSPS) is 15.4. The van der Waals surface area contributed by atoms with Crippen molar-refractivity contribution in [3.8, 4) is 0 Å². The number of para-hydroxylation sites is 1. The van der Waals surface area contributed by atoms with E-state index in [9.17, 15) is 14.9 Å². The van der Waals surface area contributed by atoms with Gasteiger partial charge in [-0.05, 0) is 36.3 Å². The molecular formula is C16H12N2O3. The molecule has 0 fully saturated rings. The molecule has 2 aromatic rings. The van der Waals surface area contributed by atoms with E-state index in [-0.39, 0.29) is 11.6 Å². The first-order valence-electron chi connectivity index (χ1n) is 6.44. The second-order valence-corrected chi connectivity index (χ2v) is 4.80. The molecule has 1 amide bonds. The molecule has 0 aromatic heterocycles. The Hall–Kier alpha value is -2.95. The molecule has 0 unspecified atom stereocenters. The number of anilines is 1. The lowest BCUT2D eigenvalue weighted by Crippen LogP contribution is -2.05. The van der Waals surface area contributed by atoms with Crippen molar-refractivity contribution in [2.24, 2.45) is 0 Å². The van der Waals surface area contributed by atoms with Gasteiger partial charge in [0.1, 0.15) is 0 Å². The number of nitrogens with zero attached hydrogens (tertiary/aromatic N) is 1. The number of non-ortho nitro benzene ring substituents is 1. The number of nitro benzene ring substituents is 1. The van der Waals surface area contributed by atoms with Crippen LogP contribution in [0.5, 0.6) is 0 Å². The van der Waals surface area contributed by atoms with Crippen molar-refractivity contribution in [1.82, 2.24) is 0 Å². The number of hydrogen-bond acceptors (Lipinski definition) is 3. The molecule has 0 saturated carbocycles. The van der Waals surface area contributed by atoms with E-state index in [0.29, 0.717) is 5.57 Å². The van der Waals surface area contributed by atoms with Gasteiger partial charge >= 0.3 is 0 Å². The van der Waals surface area contributed by atoms with Crippen LogP contribution in [0.3, 0.4) is 0 Å². The van der Waals surface area contributed by atoms with Gasteiger partial charge in [0, 0.05) is 23.4 Å². The van der Waals surface area contributed by atoms with Crippen molar-refractivity contribution in [1.29, 1.82) is 0 Å². The number of amides is 1. The molecule has 5 heteroatoms. The first kappa shape index (κ1) is 13.1. The summed E-state index contributed by atoms with van der Waals surface area (Å²) in [4.78, 5) is 22.4. The van der Waals surface area contributed by atoms with Gasteiger partial charge < -0.3 is 5.32 Å². The number of carbonyl (C=O) groups excluding carboxylic acids is 1. The predicted molar refractivity (Wildman–Crippen MR) is 80.7 cm³/mol. The van der Waals surface area contributed by atoms with Crippen LogP contribution in [-0.4, -0.2) is 10.8 Å². The summed E-state index contributed by atoms with van der Waals surface area (Å²) in [5.74, 6) is -0.146. The summed E-state index contributed by atoms with van der Waals surface area (Å²) in [5, 5.41) is 13.5. The van der Waals surface area contributed by atoms with E-state index in [4.69, 9.17) is 0 Å². The molecule has 0 bridgehead atoms. The van der Waals surface area contributed by atoms with Crippen LogP contribution in [0.15, 0.2) is 48.5 Å². The monoisotopic (exact) mass is 280 g/mol. The van der Waals surface area contributed by atoms with E-state index in [2.05, 4.69) is 5.32 Å². The third-order valence-electron chi connectivity index (χ3n) is 3.56. The second-order valence-electron chi connectivity index (χ2n) is 4.80. The van der Waals surface area contributed by atoms with Gasteiger partial charge in [-0.15, -0.1) is 0 Å². The second kappa shape index (κ2) is 4.86. The zero-order valence-corrected chi connectivity index (χ0v) is 11.3. The standard InChI is InChI=1S/C16H12N2O3/c1-10(11-6-8-12(9-7-11)18(20)21)15-13-4-2-3-5-14(13)17-16(15)19/h2-9H,1H3,(H,17,19)/b15-10-. The number of allylic oxidation sites excluding steroid dienone is 1. The average molecular weight is 280 g/mol. The first-order chi connectivity index (χ1) is 10.1. The van der Waals surface area contributed by atoms with E-state index >= 15 is 0 Å². The quantitative estimate of drug-likeness (QED) is 0.520. The maximum absolute atomic E-state index is 12.1. The fourth-order valence-electron chi connectivity index (χ4n) is 2.47. The van der Waals surface area contributed by atoms with Crippen molar-refractivity contribution >= 4 is 28.4 Å². The summed E-state index contributed by atoms with van der Waals surface area (Å²) < 4.78 is 0. The van der Waals surface area contributed by atoms with E-state index in [1.54, 1.807) is 12.1 Å². The SMILES string of the molecule is C/C(=C1/C(=O)Nc2ccccc21)c1ccc([N+](=O)[O-])cc1. The minimum absolute atomic E-state index is 0.0350. The van der Waals surface area contributed by atoms with E-state index < -0.39 is 4.92 Å². The summed E-state index contributed by atoms with van der Waals surface area (Å²) in [5.41, 5.74) is 3.89. The highest BCUT2D eigenvalue weighted by molar-refractivity contribution is 6.36. The first-order valence-corrected chi connectivity index (χ1v) is 6.44. The molecule has 3 rings (SSSR count). The smallest absolute Gasteiger partial charge is 0.269 e. The van der Waals surface area contributed by atoms with Crippen LogP contribution in [0.4, 0.5) is 11.4 Å². The molecule has 21 heavy (non-hydrogen) atoms. The molecule has 0 saturated heterocycles. The molecule has 0 spiro atoms. The van der Waals surface area contributed by atoms with Crippen molar-refractivity contribution in [3.05, 3.63) is 69.8 Å². The largest absolute Gasteiger partial charge is 0.321 e. The number of carbonyl (C=O) groups is 1. The Morgan fingerprint density at radius 3 is 2.43 bits per heavy atom. The molecule has 0 aliphatic carbocycles. The number of hydrogen-bond donors (Lipinski definition) is 1. The Balaban J connectivity index is 2.10. The molecule has 1 aliphatic heterocycles.